The van der Waals surface area contributed by atoms with Crippen molar-refractivity contribution >= 4 is 40.1 Å². The third kappa shape index (κ3) is 3.40. The number of ether oxygens (including phenoxy) is 3. The van der Waals surface area contributed by atoms with Crippen LogP contribution >= 0.6 is 12.2 Å². The number of aromatic nitrogens is 3. The Morgan fingerprint density at radius 3 is 2.84 bits per heavy atom. The molecule has 1 aliphatic rings. The minimum atomic E-state index is -0.368. The number of rotatable bonds is 5. The number of benzene rings is 2. The number of fused-ring (bicyclic) bond motifs is 4. The number of nitrogens with zero attached hydrogens (tertiary/aromatic N) is 1. The number of hydrogen-bond acceptors (Lipinski definition) is 6. The highest BCUT2D eigenvalue weighted by atomic mass is 32.1. The first-order valence-electron chi connectivity index (χ1n) is 9.51. The third-order valence-electron chi connectivity index (χ3n) is 5.17. The minimum Gasteiger partial charge on any atom is -0.497 e. The molecule has 0 saturated heterocycles. The van der Waals surface area contributed by atoms with Crippen molar-refractivity contribution in [2.45, 2.75) is 13.1 Å². The van der Waals surface area contributed by atoms with Gasteiger partial charge >= 0.3 is 0 Å². The molecule has 0 atom stereocenters. The van der Waals surface area contributed by atoms with Gasteiger partial charge in [-0.25, -0.2) is 0 Å². The lowest BCUT2D eigenvalue weighted by Crippen LogP contribution is -2.33. The van der Waals surface area contributed by atoms with Gasteiger partial charge in [-0.1, -0.05) is 6.07 Å². The third-order valence-corrected chi connectivity index (χ3v) is 5.49. The summed E-state index contributed by atoms with van der Waals surface area (Å²) in [5.74, 6) is 1.65. The van der Waals surface area contributed by atoms with E-state index in [1.54, 1.807) is 19.2 Å². The van der Waals surface area contributed by atoms with E-state index in [1.165, 1.54) is 4.57 Å². The van der Waals surface area contributed by atoms with Gasteiger partial charge in [0.15, 0.2) is 16.3 Å². The first kappa shape index (κ1) is 19.2. The molecule has 3 N–H and O–H groups in total. The average molecular weight is 438 g/mol. The van der Waals surface area contributed by atoms with Gasteiger partial charge in [-0.3, -0.25) is 14.2 Å². The summed E-state index contributed by atoms with van der Waals surface area (Å²) < 4.78 is 17.3. The number of methoxy groups -OCH3 is 1. The summed E-state index contributed by atoms with van der Waals surface area (Å²) in [6.07, 6.45) is 0. The van der Waals surface area contributed by atoms with E-state index in [0.717, 1.165) is 16.5 Å². The van der Waals surface area contributed by atoms with Crippen molar-refractivity contribution in [3.05, 3.63) is 57.1 Å². The SMILES string of the molecule is COc1ccc2[nH]c3c(=O)n(CC(=O)NCc4ccc5c(c4)OCO5)c(=S)[nH]c3c2c1. The first-order valence-corrected chi connectivity index (χ1v) is 9.92. The minimum absolute atomic E-state index is 0.166. The van der Waals surface area contributed by atoms with E-state index in [9.17, 15) is 9.59 Å². The van der Waals surface area contributed by atoms with E-state index in [2.05, 4.69) is 15.3 Å². The van der Waals surface area contributed by atoms with Gasteiger partial charge < -0.3 is 29.5 Å². The van der Waals surface area contributed by atoms with Gasteiger partial charge in [0.05, 0.1) is 12.6 Å². The fourth-order valence-electron chi connectivity index (χ4n) is 3.58. The van der Waals surface area contributed by atoms with Crippen molar-refractivity contribution < 1.29 is 19.0 Å². The van der Waals surface area contributed by atoms with E-state index in [0.29, 0.717) is 28.3 Å². The zero-order valence-corrected chi connectivity index (χ0v) is 17.3. The number of aromatic amines is 2. The van der Waals surface area contributed by atoms with Crippen molar-refractivity contribution in [1.29, 1.82) is 0 Å². The standard InChI is InChI=1S/C21H18N4O5S/c1-28-12-3-4-14-13(7-12)18-19(23-14)20(27)25(21(31)24-18)9-17(26)22-8-11-2-5-15-16(6-11)30-10-29-15/h2-7,23H,8-10H2,1H3,(H,22,26)(H,24,31). The highest BCUT2D eigenvalue weighted by molar-refractivity contribution is 7.71. The maximum absolute atomic E-state index is 13.0. The van der Waals surface area contributed by atoms with Crippen LogP contribution in [0.1, 0.15) is 5.56 Å². The van der Waals surface area contributed by atoms with Crippen LogP contribution in [0.2, 0.25) is 0 Å². The quantitative estimate of drug-likeness (QED) is 0.413. The fourth-order valence-corrected chi connectivity index (χ4v) is 3.83. The van der Waals surface area contributed by atoms with E-state index in [4.69, 9.17) is 26.4 Å². The second kappa shape index (κ2) is 7.47. The summed E-state index contributed by atoms with van der Waals surface area (Å²) in [6, 6.07) is 10.9. The molecule has 0 radical (unpaired) electrons. The van der Waals surface area contributed by atoms with Crippen LogP contribution in [0.5, 0.6) is 17.2 Å². The van der Waals surface area contributed by atoms with Gasteiger partial charge in [0, 0.05) is 17.4 Å². The second-order valence-corrected chi connectivity index (χ2v) is 7.46. The second-order valence-electron chi connectivity index (χ2n) is 7.07. The summed E-state index contributed by atoms with van der Waals surface area (Å²) in [5.41, 5.74) is 2.19. The zero-order valence-electron chi connectivity index (χ0n) is 16.5. The Labute approximate surface area is 180 Å². The number of amides is 1. The Kier molecular flexibility index (Phi) is 4.63. The molecule has 0 aliphatic carbocycles. The molecule has 10 heteroatoms. The predicted molar refractivity (Wildman–Crippen MR) is 116 cm³/mol. The van der Waals surface area contributed by atoms with Crippen molar-refractivity contribution in [3.8, 4) is 17.2 Å². The summed E-state index contributed by atoms with van der Waals surface area (Å²) in [4.78, 5) is 31.7. The molecule has 0 spiro atoms. The molecule has 1 amide bonds. The Bertz CT molecular complexity index is 1450. The van der Waals surface area contributed by atoms with Crippen LogP contribution in [-0.2, 0) is 17.9 Å². The van der Waals surface area contributed by atoms with E-state index >= 15 is 0 Å². The van der Waals surface area contributed by atoms with Gasteiger partial charge in [0.2, 0.25) is 12.7 Å². The van der Waals surface area contributed by atoms with Crippen LogP contribution in [0, 0.1) is 4.77 Å². The van der Waals surface area contributed by atoms with E-state index in [1.807, 2.05) is 24.3 Å². The summed E-state index contributed by atoms with van der Waals surface area (Å²) in [6.45, 7) is 0.275. The molecular weight excluding hydrogens is 420 g/mol. The lowest BCUT2D eigenvalue weighted by Gasteiger charge is -2.09. The molecule has 9 nitrogen and oxygen atoms in total. The molecule has 31 heavy (non-hydrogen) atoms. The van der Waals surface area contributed by atoms with E-state index in [-0.39, 0.29) is 36.1 Å². The van der Waals surface area contributed by atoms with Crippen LogP contribution in [0.4, 0.5) is 0 Å². The molecule has 2 aromatic heterocycles. The predicted octanol–water partition coefficient (Wildman–Crippen LogP) is 2.59. The lowest BCUT2D eigenvalue weighted by molar-refractivity contribution is -0.121. The summed E-state index contributed by atoms with van der Waals surface area (Å²) >= 11 is 5.36. The lowest BCUT2D eigenvalue weighted by atomic mass is 10.2. The molecule has 0 saturated carbocycles. The van der Waals surface area contributed by atoms with Crippen LogP contribution in [0.3, 0.4) is 0 Å². The Hall–Kier alpha value is -3.79. The molecule has 1 aliphatic heterocycles. The smallest absolute Gasteiger partial charge is 0.279 e. The maximum Gasteiger partial charge on any atom is 0.279 e. The first-order chi connectivity index (χ1) is 15.0. The molecule has 158 valence electrons. The normalized spacial score (nSPS) is 12.4. The molecule has 3 heterocycles. The molecule has 2 aromatic carbocycles. The Balaban J connectivity index is 1.39. The average Bonchev–Trinajstić information content (AvgIpc) is 3.39. The number of nitrogens with one attached hydrogen (secondary N) is 3. The van der Waals surface area contributed by atoms with Gasteiger partial charge in [-0.15, -0.1) is 0 Å². The Morgan fingerprint density at radius 2 is 2.00 bits per heavy atom. The van der Waals surface area contributed by atoms with E-state index < -0.39 is 0 Å². The summed E-state index contributed by atoms with van der Waals surface area (Å²) in [5, 5.41) is 3.59. The van der Waals surface area contributed by atoms with Gasteiger partial charge in [-0.05, 0) is 48.1 Å². The van der Waals surface area contributed by atoms with Crippen molar-refractivity contribution in [3.63, 3.8) is 0 Å². The molecule has 0 bridgehead atoms. The molecule has 0 fully saturated rings. The maximum atomic E-state index is 13.0. The van der Waals surface area contributed by atoms with Crippen LogP contribution in [0.25, 0.3) is 21.9 Å². The molecule has 4 aromatic rings. The van der Waals surface area contributed by atoms with Gasteiger partial charge in [-0.2, -0.15) is 0 Å². The highest BCUT2D eigenvalue weighted by Gasteiger charge is 2.16. The number of carbonyl (C=O) groups is 1. The van der Waals surface area contributed by atoms with Crippen molar-refractivity contribution in [2.24, 2.45) is 0 Å². The summed E-state index contributed by atoms with van der Waals surface area (Å²) in [7, 11) is 1.58. The van der Waals surface area contributed by atoms with Crippen molar-refractivity contribution in [1.82, 2.24) is 19.9 Å². The Morgan fingerprint density at radius 1 is 1.16 bits per heavy atom. The number of hydrogen-bond donors (Lipinski definition) is 3. The molecular formula is C21H18N4O5S. The highest BCUT2D eigenvalue weighted by Crippen LogP contribution is 2.32. The van der Waals surface area contributed by atoms with Crippen LogP contribution in [0.15, 0.2) is 41.2 Å². The zero-order chi connectivity index (χ0) is 21.5. The monoisotopic (exact) mass is 438 g/mol. The van der Waals surface area contributed by atoms with Crippen molar-refractivity contribution in [2.75, 3.05) is 13.9 Å². The largest absolute Gasteiger partial charge is 0.497 e. The van der Waals surface area contributed by atoms with Gasteiger partial charge in [0.1, 0.15) is 17.8 Å². The number of H-pyrrole nitrogens is 2. The number of carbonyl (C=O) groups excluding carboxylic acids is 1. The molecule has 0 unspecified atom stereocenters. The fraction of sp³-hybridized carbons (Fsp3) is 0.190. The van der Waals surface area contributed by atoms with Gasteiger partial charge in [0.25, 0.3) is 5.56 Å². The van der Waals surface area contributed by atoms with Crippen LogP contribution < -0.4 is 25.1 Å². The topological polar surface area (TPSA) is 110 Å². The van der Waals surface area contributed by atoms with Crippen LogP contribution in [-0.4, -0.2) is 34.3 Å². The molecule has 5 rings (SSSR count).